The van der Waals surface area contributed by atoms with E-state index in [0.29, 0.717) is 18.1 Å². The summed E-state index contributed by atoms with van der Waals surface area (Å²) in [6.45, 7) is 3.72. The Morgan fingerprint density at radius 2 is 1.95 bits per heavy atom. The largest absolute Gasteiger partial charge is 0.490 e. The molecule has 5 nitrogen and oxygen atoms in total. The Balaban J connectivity index is 1.97. The van der Waals surface area contributed by atoms with Crippen LogP contribution in [0.3, 0.4) is 0 Å². The molecule has 1 aliphatic rings. The number of rotatable bonds is 7. The molecule has 0 spiro atoms. The van der Waals surface area contributed by atoms with Crippen molar-refractivity contribution in [2.75, 3.05) is 0 Å². The summed E-state index contributed by atoms with van der Waals surface area (Å²) >= 11 is 0. The highest BCUT2D eigenvalue weighted by molar-refractivity contribution is 5.96. The summed E-state index contributed by atoms with van der Waals surface area (Å²) < 4.78 is 5.73. The van der Waals surface area contributed by atoms with E-state index in [1.807, 2.05) is 13.8 Å². The van der Waals surface area contributed by atoms with Gasteiger partial charge in [0.25, 0.3) is 5.91 Å². The maximum absolute atomic E-state index is 12.2. The first-order chi connectivity index (χ1) is 10.5. The molecule has 2 N–H and O–H groups in total. The van der Waals surface area contributed by atoms with Gasteiger partial charge >= 0.3 is 5.97 Å². The fraction of sp³-hybridized carbons (Fsp3) is 0.529. The maximum atomic E-state index is 12.2. The van der Waals surface area contributed by atoms with Crippen LogP contribution in [0.5, 0.6) is 5.75 Å². The average Bonchev–Trinajstić information content (AvgIpc) is 2.47. The van der Waals surface area contributed by atoms with Gasteiger partial charge in [-0.15, -0.1) is 0 Å². The fourth-order valence-corrected chi connectivity index (χ4v) is 2.27. The van der Waals surface area contributed by atoms with Crippen LogP contribution >= 0.6 is 0 Å². The molecule has 0 aromatic heterocycles. The van der Waals surface area contributed by atoms with Gasteiger partial charge in [0.1, 0.15) is 11.8 Å². The van der Waals surface area contributed by atoms with Crippen molar-refractivity contribution in [2.45, 2.75) is 51.7 Å². The van der Waals surface area contributed by atoms with E-state index in [1.54, 1.807) is 24.3 Å². The predicted octanol–water partition coefficient (Wildman–Crippen LogP) is 2.85. The van der Waals surface area contributed by atoms with Crippen LogP contribution in [0.1, 0.15) is 49.9 Å². The Morgan fingerprint density at radius 3 is 2.41 bits per heavy atom. The highest BCUT2D eigenvalue weighted by atomic mass is 16.5. The quantitative estimate of drug-likeness (QED) is 0.812. The lowest BCUT2D eigenvalue weighted by atomic mass is 9.96. The minimum absolute atomic E-state index is 0.123. The van der Waals surface area contributed by atoms with E-state index < -0.39 is 12.0 Å². The van der Waals surface area contributed by atoms with Crippen molar-refractivity contribution < 1.29 is 19.4 Å². The van der Waals surface area contributed by atoms with Gasteiger partial charge in [-0.3, -0.25) is 4.79 Å². The van der Waals surface area contributed by atoms with E-state index >= 15 is 0 Å². The number of carboxylic acid groups (broad SMARTS) is 1. The maximum Gasteiger partial charge on any atom is 0.326 e. The van der Waals surface area contributed by atoms with Gasteiger partial charge < -0.3 is 15.2 Å². The number of carbonyl (C=O) groups excluding carboxylic acids is 1. The van der Waals surface area contributed by atoms with Crippen molar-refractivity contribution in [1.29, 1.82) is 0 Å². The van der Waals surface area contributed by atoms with Gasteiger partial charge in [-0.25, -0.2) is 4.79 Å². The molecule has 2 rings (SSSR count). The van der Waals surface area contributed by atoms with Crippen molar-refractivity contribution in [3.05, 3.63) is 29.8 Å². The Kier molecular flexibility index (Phi) is 5.41. The van der Waals surface area contributed by atoms with Crippen LogP contribution in [0.2, 0.25) is 0 Å². The molecule has 1 aromatic rings. The highest BCUT2D eigenvalue weighted by Crippen LogP contribution is 2.25. The molecule has 0 heterocycles. The van der Waals surface area contributed by atoms with Crippen LogP contribution in [-0.4, -0.2) is 29.1 Å². The fourth-order valence-electron chi connectivity index (χ4n) is 2.27. The van der Waals surface area contributed by atoms with Crippen molar-refractivity contribution in [3.8, 4) is 5.75 Å². The lowest BCUT2D eigenvalue weighted by Crippen LogP contribution is -2.45. The van der Waals surface area contributed by atoms with E-state index in [0.717, 1.165) is 18.6 Å². The predicted molar refractivity (Wildman–Crippen MR) is 83.1 cm³/mol. The number of nitrogens with one attached hydrogen (secondary N) is 1. The SMILES string of the molecule is CC[C@H](C)[C@H](NC(=O)c1ccc(OC2CCC2)cc1)C(=O)O. The van der Waals surface area contributed by atoms with Crippen molar-refractivity contribution in [2.24, 2.45) is 5.92 Å². The molecular formula is C17H23NO4. The molecule has 1 fully saturated rings. The highest BCUT2D eigenvalue weighted by Gasteiger charge is 2.25. The second-order valence-corrected chi connectivity index (χ2v) is 5.87. The Labute approximate surface area is 130 Å². The molecule has 1 amide bonds. The third kappa shape index (κ3) is 4.00. The van der Waals surface area contributed by atoms with Crippen LogP contribution < -0.4 is 10.1 Å². The van der Waals surface area contributed by atoms with E-state index in [9.17, 15) is 14.7 Å². The lowest BCUT2D eigenvalue weighted by molar-refractivity contribution is -0.140. The first-order valence-electron chi connectivity index (χ1n) is 7.81. The van der Waals surface area contributed by atoms with Gasteiger partial charge in [-0.2, -0.15) is 0 Å². The molecule has 0 aliphatic heterocycles. The number of benzene rings is 1. The molecule has 0 unspecified atom stereocenters. The summed E-state index contributed by atoms with van der Waals surface area (Å²) in [5.41, 5.74) is 0.440. The van der Waals surface area contributed by atoms with E-state index in [4.69, 9.17) is 4.74 Å². The van der Waals surface area contributed by atoms with Crippen LogP contribution in [0.4, 0.5) is 0 Å². The van der Waals surface area contributed by atoms with Gasteiger partial charge in [0.05, 0.1) is 6.10 Å². The second-order valence-electron chi connectivity index (χ2n) is 5.87. The normalized spacial score (nSPS) is 17.2. The van der Waals surface area contributed by atoms with Gasteiger partial charge in [-0.05, 0) is 49.4 Å². The van der Waals surface area contributed by atoms with Gasteiger partial charge in [0, 0.05) is 5.56 Å². The molecule has 0 bridgehead atoms. The first-order valence-corrected chi connectivity index (χ1v) is 7.81. The van der Waals surface area contributed by atoms with Crippen LogP contribution in [0.15, 0.2) is 24.3 Å². The monoisotopic (exact) mass is 305 g/mol. The molecule has 0 radical (unpaired) electrons. The molecule has 5 heteroatoms. The Bertz CT molecular complexity index is 522. The molecule has 0 saturated heterocycles. The zero-order valence-corrected chi connectivity index (χ0v) is 13.0. The summed E-state index contributed by atoms with van der Waals surface area (Å²) in [5.74, 6) is -0.754. The smallest absolute Gasteiger partial charge is 0.326 e. The van der Waals surface area contributed by atoms with E-state index in [1.165, 1.54) is 6.42 Å². The summed E-state index contributed by atoms with van der Waals surface area (Å²) in [6, 6.07) is 5.97. The topological polar surface area (TPSA) is 75.6 Å². The number of hydrogen-bond acceptors (Lipinski definition) is 3. The molecule has 2 atom stereocenters. The molecular weight excluding hydrogens is 282 g/mol. The molecule has 22 heavy (non-hydrogen) atoms. The first kappa shape index (κ1) is 16.3. The van der Waals surface area contributed by atoms with Crippen LogP contribution in [-0.2, 0) is 4.79 Å². The number of ether oxygens (including phenoxy) is 1. The van der Waals surface area contributed by atoms with E-state index in [-0.39, 0.29) is 11.8 Å². The summed E-state index contributed by atoms with van der Waals surface area (Å²) in [7, 11) is 0. The Hall–Kier alpha value is -2.04. The molecule has 120 valence electrons. The minimum atomic E-state index is -1.01. The number of aliphatic carboxylic acids is 1. The third-order valence-electron chi connectivity index (χ3n) is 4.24. The number of hydrogen-bond donors (Lipinski definition) is 2. The minimum Gasteiger partial charge on any atom is -0.490 e. The standard InChI is InChI=1S/C17H23NO4/c1-3-11(2)15(17(20)21)18-16(19)12-7-9-14(10-8-12)22-13-5-4-6-13/h7-11,13,15H,3-6H2,1-2H3,(H,18,19)(H,20,21)/t11-,15-/m0/s1. The number of carboxylic acids is 1. The zero-order chi connectivity index (χ0) is 16.1. The Morgan fingerprint density at radius 1 is 1.32 bits per heavy atom. The lowest BCUT2D eigenvalue weighted by Gasteiger charge is -2.26. The molecule has 1 aliphatic carbocycles. The van der Waals surface area contributed by atoms with Crippen LogP contribution in [0.25, 0.3) is 0 Å². The second kappa shape index (κ2) is 7.29. The summed E-state index contributed by atoms with van der Waals surface area (Å²) in [4.78, 5) is 23.4. The number of amides is 1. The van der Waals surface area contributed by atoms with Crippen LogP contribution in [0, 0.1) is 5.92 Å². The molecule has 1 aromatic carbocycles. The van der Waals surface area contributed by atoms with Gasteiger partial charge in [-0.1, -0.05) is 20.3 Å². The zero-order valence-electron chi connectivity index (χ0n) is 13.0. The van der Waals surface area contributed by atoms with Crippen molar-refractivity contribution in [3.63, 3.8) is 0 Å². The third-order valence-corrected chi connectivity index (χ3v) is 4.24. The summed E-state index contributed by atoms with van der Waals surface area (Å²) in [6.07, 6.45) is 4.35. The molecule has 1 saturated carbocycles. The van der Waals surface area contributed by atoms with Crippen molar-refractivity contribution in [1.82, 2.24) is 5.32 Å². The average molecular weight is 305 g/mol. The van der Waals surface area contributed by atoms with Gasteiger partial charge in [0.15, 0.2) is 0 Å². The van der Waals surface area contributed by atoms with E-state index in [2.05, 4.69) is 5.32 Å². The van der Waals surface area contributed by atoms with Gasteiger partial charge in [0.2, 0.25) is 0 Å². The summed E-state index contributed by atoms with van der Waals surface area (Å²) in [5, 5.41) is 11.8. The van der Waals surface area contributed by atoms with Crippen molar-refractivity contribution >= 4 is 11.9 Å². The number of carbonyl (C=O) groups is 2.